The van der Waals surface area contributed by atoms with Crippen LogP contribution in [0.2, 0.25) is 0 Å². The Bertz CT molecular complexity index is 477. The van der Waals surface area contributed by atoms with E-state index >= 15 is 0 Å². The van der Waals surface area contributed by atoms with Crippen molar-refractivity contribution >= 4 is 0 Å². The van der Waals surface area contributed by atoms with E-state index in [4.69, 9.17) is 9.84 Å². The molecule has 2 rings (SSSR count). The van der Waals surface area contributed by atoms with Crippen LogP contribution in [0.15, 0.2) is 36.9 Å². The Kier molecular flexibility index (Phi) is 4.60. The van der Waals surface area contributed by atoms with Crippen molar-refractivity contribution in [1.29, 1.82) is 0 Å². The van der Waals surface area contributed by atoms with Gasteiger partial charge in [-0.05, 0) is 30.5 Å². The number of ether oxygens (including phenoxy) is 1. The molecule has 18 heavy (non-hydrogen) atoms. The zero-order chi connectivity index (χ0) is 12.6. The molecular weight excluding hydrogens is 230 g/mol. The van der Waals surface area contributed by atoms with E-state index in [0.29, 0.717) is 18.2 Å². The molecule has 0 saturated carbocycles. The van der Waals surface area contributed by atoms with Gasteiger partial charge in [0.05, 0.1) is 31.3 Å². The van der Waals surface area contributed by atoms with Gasteiger partial charge >= 0.3 is 0 Å². The fourth-order valence-electron chi connectivity index (χ4n) is 1.53. The van der Waals surface area contributed by atoms with Crippen LogP contribution >= 0.6 is 0 Å². The summed E-state index contributed by atoms with van der Waals surface area (Å²) in [6.07, 6.45) is 8.47. The molecule has 0 radical (unpaired) electrons. The van der Waals surface area contributed by atoms with Gasteiger partial charge in [-0.1, -0.05) is 0 Å². The second kappa shape index (κ2) is 6.66. The number of nitrogens with zero attached hydrogens (tertiary/aromatic N) is 3. The lowest BCUT2D eigenvalue weighted by Crippen LogP contribution is -2.03. The molecule has 5 nitrogen and oxygen atoms in total. The highest BCUT2D eigenvalue weighted by Crippen LogP contribution is 2.07. The summed E-state index contributed by atoms with van der Waals surface area (Å²) in [6.45, 7) is 0.451. The summed E-state index contributed by atoms with van der Waals surface area (Å²) in [5, 5.41) is 8.92. The predicted molar refractivity (Wildman–Crippen MR) is 66.0 cm³/mol. The van der Waals surface area contributed by atoms with Crippen LogP contribution in [0.4, 0.5) is 0 Å². The highest BCUT2D eigenvalue weighted by atomic mass is 16.5. The van der Waals surface area contributed by atoms with Crippen LogP contribution in [0.3, 0.4) is 0 Å². The molecule has 0 unspecified atom stereocenters. The van der Waals surface area contributed by atoms with Crippen LogP contribution in [0.1, 0.15) is 17.7 Å². The van der Waals surface area contributed by atoms with Gasteiger partial charge in [-0.25, -0.2) is 4.98 Å². The minimum Gasteiger partial charge on any atom is -0.477 e. The predicted octanol–water partition coefficient (Wildman–Crippen LogP) is 1.38. The SMILES string of the molecule is OCc1cncc(OCCCc2ccncc2)n1. The van der Waals surface area contributed by atoms with Gasteiger partial charge in [0.15, 0.2) is 0 Å². The molecule has 1 N–H and O–H groups in total. The van der Waals surface area contributed by atoms with E-state index in [1.54, 1.807) is 18.6 Å². The van der Waals surface area contributed by atoms with Gasteiger partial charge in [0.1, 0.15) is 0 Å². The molecule has 0 aliphatic rings. The van der Waals surface area contributed by atoms with Crippen LogP contribution in [0.5, 0.6) is 5.88 Å². The molecule has 0 saturated heterocycles. The molecule has 0 bridgehead atoms. The normalized spacial score (nSPS) is 10.3. The number of aliphatic hydroxyl groups is 1. The zero-order valence-electron chi connectivity index (χ0n) is 9.99. The van der Waals surface area contributed by atoms with E-state index in [1.165, 1.54) is 11.8 Å². The maximum atomic E-state index is 8.92. The van der Waals surface area contributed by atoms with Crippen molar-refractivity contribution in [1.82, 2.24) is 15.0 Å². The Labute approximate surface area is 106 Å². The minimum atomic E-state index is -0.124. The van der Waals surface area contributed by atoms with Crippen molar-refractivity contribution in [2.45, 2.75) is 19.4 Å². The summed E-state index contributed by atoms with van der Waals surface area (Å²) in [5.74, 6) is 0.455. The van der Waals surface area contributed by atoms with E-state index in [9.17, 15) is 0 Å². The van der Waals surface area contributed by atoms with E-state index < -0.39 is 0 Å². The number of aliphatic hydroxyl groups excluding tert-OH is 1. The van der Waals surface area contributed by atoms with Gasteiger partial charge in [-0.3, -0.25) is 9.97 Å². The lowest BCUT2D eigenvalue weighted by molar-refractivity contribution is 0.266. The third kappa shape index (κ3) is 3.78. The summed E-state index contributed by atoms with van der Waals surface area (Å²) < 4.78 is 5.47. The number of pyridine rings is 1. The standard InChI is InChI=1S/C13H15N3O2/c17-10-12-8-15-9-13(16-12)18-7-1-2-11-3-5-14-6-4-11/h3-6,8-9,17H,1-2,7,10H2. The summed E-state index contributed by atoms with van der Waals surface area (Å²) in [7, 11) is 0. The Morgan fingerprint density at radius 2 is 1.94 bits per heavy atom. The van der Waals surface area contributed by atoms with Crippen molar-refractivity contribution in [3.63, 3.8) is 0 Å². The molecule has 0 fully saturated rings. The Morgan fingerprint density at radius 1 is 1.11 bits per heavy atom. The molecule has 0 aliphatic carbocycles. The van der Waals surface area contributed by atoms with Gasteiger partial charge in [0.25, 0.3) is 0 Å². The first-order valence-electron chi connectivity index (χ1n) is 5.82. The molecule has 0 spiro atoms. The number of hydrogen-bond donors (Lipinski definition) is 1. The Hall–Kier alpha value is -2.01. The highest BCUT2D eigenvalue weighted by Gasteiger charge is 1.99. The largest absolute Gasteiger partial charge is 0.477 e. The van der Waals surface area contributed by atoms with Gasteiger partial charge in [-0.15, -0.1) is 0 Å². The monoisotopic (exact) mass is 245 g/mol. The average molecular weight is 245 g/mol. The highest BCUT2D eigenvalue weighted by molar-refractivity contribution is 5.10. The molecule has 2 heterocycles. The van der Waals surface area contributed by atoms with Crippen LogP contribution in [0.25, 0.3) is 0 Å². The zero-order valence-corrected chi connectivity index (χ0v) is 9.99. The minimum absolute atomic E-state index is 0.124. The summed E-state index contributed by atoms with van der Waals surface area (Å²) in [6, 6.07) is 3.98. The van der Waals surface area contributed by atoms with Crippen LogP contribution in [-0.2, 0) is 13.0 Å². The quantitative estimate of drug-likeness (QED) is 0.778. The number of aryl methyl sites for hydroxylation is 1. The molecule has 0 aromatic carbocycles. The second-order valence-corrected chi connectivity index (χ2v) is 3.81. The first-order valence-corrected chi connectivity index (χ1v) is 5.82. The van der Waals surface area contributed by atoms with Gasteiger partial charge in [-0.2, -0.15) is 0 Å². The first-order chi connectivity index (χ1) is 8.88. The van der Waals surface area contributed by atoms with Crippen LogP contribution in [0, 0.1) is 0 Å². The molecule has 2 aromatic rings. The molecule has 0 amide bonds. The molecule has 94 valence electrons. The maximum Gasteiger partial charge on any atom is 0.232 e. The second-order valence-electron chi connectivity index (χ2n) is 3.81. The van der Waals surface area contributed by atoms with Gasteiger partial charge < -0.3 is 9.84 Å². The van der Waals surface area contributed by atoms with Gasteiger partial charge in [0, 0.05) is 12.4 Å². The smallest absolute Gasteiger partial charge is 0.232 e. The van der Waals surface area contributed by atoms with E-state index in [-0.39, 0.29) is 6.61 Å². The van der Waals surface area contributed by atoms with Crippen molar-refractivity contribution in [3.05, 3.63) is 48.2 Å². The summed E-state index contributed by atoms with van der Waals surface area (Å²) in [5.41, 5.74) is 1.76. The van der Waals surface area contributed by atoms with Crippen molar-refractivity contribution in [2.24, 2.45) is 0 Å². The molecule has 2 aromatic heterocycles. The van der Waals surface area contributed by atoms with Crippen molar-refractivity contribution in [3.8, 4) is 5.88 Å². The fourth-order valence-corrected chi connectivity index (χ4v) is 1.53. The molecular formula is C13H15N3O2. The Morgan fingerprint density at radius 3 is 2.72 bits per heavy atom. The third-order valence-corrected chi connectivity index (χ3v) is 2.43. The molecule has 5 heteroatoms. The van der Waals surface area contributed by atoms with Crippen molar-refractivity contribution in [2.75, 3.05) is 6.61 Å². The van der Waals surface area contributed by atoms with E-state index in [1.807, 2.05) is 12.1 Å². The summed E-state index contributed by atoms with van der Waals surface area (Å²) >= 11 is 0. The average Bonchev–Trinajstić information content (AvgIpc) is 2.45. The lowest BCUT2D eigenvalue weighted by atomic mass is 10.1. The summed E-state index contributed by atoms with van der Waals surface area (Å²) in [4.78, 5) is 12.0. The van der Waals surface area contributed by atoms with Crippen molar-refractivity contribution < 1.29 is 9.84 Å². The number of aromatic nitrogens is 3. The maximum absolute atomic E-state index is 8.92. The topological polar surface area (TPSA) is 68.1 Å². The lowest BCUT2D eigenvalue weighted by Gasteiger charge is -2.05. The number of rotatable bonds is 6. The first kappa shape index (κ1) is 12.4. The van der Waals surface area contributed by atoms with E-state index in [0.717, 1.165) is 12.8 Å². The van der Waals surface area contributed by atoms with Crippen LogP contribution in [-0.4, -0.2) is 26.7 Å². The number of hydrogen-bond acceptors (Lipinski definition) is 5. The molecule has 0 atom stereocenters. The fraction of sp³-hybridized carbons (Fsp3) is 0.308. The van der Waals surface area contributed by atoms with Crippen LogP contribution < -0.4 is 4.74 Å². The third-order valence-electron chi connectivity index (χ3n) is 2.43. The van der Waals surface area contributed by atoms with E-state index in [2.05, 4.69) is 15.0 Å². The van der Waals surface area contributed by atoms with Gasteiger partial charge in [0.2, 0.25) is 5.88 Å². The Balaban J connectivity index is 1.75. The molecule has 0 aliphatic heterocycles.